The Morgan fingerprint density at radius 1 is 1.29 bits per heavy atom. The Hall–Kier alpha value is -1.81. The highest BCUT2D eigenvalue weighted by Gasteiger charge is 2.02. The Balaban J connectivity index is 2.16. The lowest BCUT2D eigenvalue weighted by Gasteiger charge is -2.06. The maximum absolute atomic E-state index is 12.9. The van der Waals surface area contributed by atoms with E-state index in [1.54, 1.807) is 31.5 Å². The summed E-state index contributed by atoms with van der Waals surface area (Å²) in [5.74, 6) is 0.862. The molecule has 0 atom stereocenters. The molecule has 2 rings (SSSR count). The first-order valence-corrected chi connectivity index (χ1v) is 5.29. The number of aromatic nitrogens is 1. The zero-order valence-corrected chi connectivity index (χ0v) is 9.83. The van der Waals surface area contributed by atoms with Crippen LogP contribution in [0.5, 0.6) is 5.75 Å². The molecule has 1 N–H and O–H groups in total. The van der Waals surface area contributed by atoms with Crippen molar-refractivity contribution in [3.63, 3.8) is 0 Å². The quantitative estimate of drug-likeness (QED) is 0.906. The fraction of sp³-hybridized carbons (Fsp3) is 0.0833. The molecule has 0 unspecified atom stereocenters. The van der Waals surface area contributed by atoms with E-state index in [0.717, 1.165) is 0 Å². The van der Waals surface area contributed by atoms with E-state index < -0.39 is 5.82 Å². The zero-order valence-electron chi connectivity index (χ0n) is 9.08. The molecule has 0 aliphatic heterocycles. The van der Waals surface area contributed by atoms with Gasteiger partial charge in [0.05, 0.1) is 18.3 Å². The molecule has 17 heavy (non-hydrogen) atoms. The van der Waals surface area contributed by atoms with Crippen LogP contribution in [-0.4, -0.2) is 12.1 Å². The molecule has 0 fully saturated rings. The van der Waals surface area contributed by atoms with Crippen molar-refractivity contribution in [3.05, 3.63) is 47.4 Å². The van der Waals surface area contributed by atoms with Crippen molar-refractivity contribution in [3.8, 4) is 5.75 Å². The van der Waals surface area contributed by atoms with Crippen LogP contribution in [0.1, 0.15) is 0 Å². The van der Waals surface area contributed by atoms with Gasteiger partial charge in [0.15, 0.2) is 0 Å². The lowest BCUT2D eigenvalue weighted by Crippen LogP contribution is -1.94. The summed E-state index contributed by atoms with van der Waals surface area (Å²) in [7, 11) is 1.57. The van der Waals surface area contributed by atoms with Gasteiger partial charge in [-0.1, -0.05) is 11.6 Å². The van der Waals surface area contributed by atoms with Crippen LogP contribution in [0.15, 0.2) is 36.5 Å². The zero-order chi connectivity index (χ0) is 12.3. The van der Waals surface area contributed by atoms with Crippen LogP contribution in [0, 0.1) is 5.82 Å². The number of hydrogen-bond acceptors (Lipinski definition) is 3. The molecule has 1 aromatic carbocycles. The van der Waals surface area contributed by atoms with Crippen molar-refractivity contribution in [2.24, 2.45) is 0 Å². The second kappa shape index (κ2) is 5.01. The van der Waals surface area contributed by atoms with Crippen LogP contribution in [-0.2, 0) is 0 Å². The number of anilines is 2. The summed E-state index contributed by atoms with van der Waals surface area (Å²) >= 11 is 5.67. The number of methoxy groups -OCH3 is 1. The highest BCUT2D eigenvalue weighted by Crippen LogP contribution is 2.22. The number of benzene rings is 1. The van der Waals surface area contributed by atoms with Gasteiger partial charge >= 0.3 is 0 Å². The summed E-state index contributed by atoms with van der Waals surface area (Å²) in [5, 5.41) is 3.08. The van der Waals surface area contributed by atoms with Crippen molar-refractivity contribution >= 4 is 23.1 Å². The average Bonchev–Trinajstić information content (AvgIpc) is 2.35. The van der Waals surface area contributed by atoms with E-state index in [2.05, 4.69) is 10.3 Å². The first kappa shape index (κ1) is 11.7. The molecule has 2 aromatic rings. The second-order valence-corrected chi connectivity index (χ2v) is 3.74. The van der Waals surface area contributed by atoms with Gasteiger partial charge in [0.25, 0.3) is 0 Å². The molecule has 3 nitrogen and oxygen atoms in total. The van der Waals surface area contributed by atoms with Gasteiger partial charge in [0.2, 0.25) is 0 Å². The van der Waals surface area contributed by atoms with Gasteiger partial charge in [-0.3, -0.25) is 0 Å². The van der Waals surface area contributed by atoms with Crippen molar-refractivity contribution in [1.29, 1.82) is 0 Å². The topological polar surface area (TPSA) is 34.1 Å². The molecule has 0 spiro atoms. The van der Waals surface area contributed by atoms with Crippen molar-refractivity contribution in [2.75, 3.05) is 12.4 Å². The normalized spacial score (nSPS) is 10.1. The third-order valence-corrected chi connectivity index (χ3v) is 2.45. The molecule has 0 radical (unpaired) electrons. The lowest BCUT2D eigenvalue weighted by atomic mass is 10.3. The van der Waals surface area contributed by atoms with Crippen molar-refractivity contribution < 1.29 is 9.13 Å². The monoisotopic (exact) mass is 252 g/mol. The highest BCUT2D eigenvalue weighted by atomic mass is 35.5. The Morgan fingerprint density at radius 3 is 2.71 bits per heavy atom. The van der Waals surface area contributed by atoms with Gasteiger partial charge in [0.1, 0.15) is 17.4 Å². The molecule has 0 aliphatic rings. The molecule has 1 heterocycles. The summed E-state index contributed by atoms with van der Waals surface area (Å²) in [5.41, 5.74) is 0.675. The fourth-order valence-corrected chi connectivity index (χ4v) is 1.48. The van der Waals surface area contributed by atoms with Crippen LogP contribution in [0.2, 0.25) is 5.02 Å². The average molecular weight is 253 g/mol. The Labute approximate surface area is 103 Å². The van der Waals surface area contributed by atoms with E-state index in [1.807, 2.05) is 0 Å². The molecule has 88 valence electrons. The first-order chi connectivity index (χ1) is 8.19. The minimum absolute atomic E-state index is 0.0727. The number of hydrogen-bond donors (Lipinski definition) is 1. The van der Waals surface area contributed by atoms with Gasteiger partial charge in [-0.2, -0.15) is 0 Å². The largest absolute Gasteiger partial charge is 0.495 e. The van der Waals surface area contributed by atoms with E-state index in [-0.39, 0.29) is 5.02 Å². The van der Waals surface area contributed by atoms with Crippen molar-refractivity contribution in [1.82, 2.24) is 4.98 Å². The molecule has 0 bridgehead atoms. The summed E-state index contributed by atoms with van der Waals surface area (Å²) < 4.78 is 17.9. The van der Waals surface area contributed by atoms with Crippen LogP contribution < -0.4 is 10.1 Å². The van der Waals surface area contributed by atoms with E-state index in [0.29, 0.717) is 17.3 Å². The predicted octanol–water partition coefficient (Wildman–Crippen LogP) is 3.63. The molecule has 0 amide bonds. The second-order valence-electron chi connectivity index (χ2n) is 3.34. The van der Waals surface area contributed by atoms with E-state index >= 15 is 0 Å². The molecule has 1 aromatic heterocycles. The number of rotatable bonds is 3. The van der Waals surface area contributed by atoms with Crippen LogP contribution in [0.3, 0.4) is 0 Å². The number of pyridine rings is 1. The van der Waals surface area contributed by atoms with Gasteiger partial charge in [-0.25, -0.2) is 9.37 Å². The van der Waals surface area contributed by atoms with E-state index in [1.165, 1.54) is 12.1 Å². The van der Waals surface area contributed by atoms with Gasteiger partial charge in [0, 0.05) is 5.69 Å². The number of nitrogens with zero attached hydrogens (tertiary/aromatic N) is 1. The van der Waals surface area contributed by atoms with Crippen LogP contribution >= 0.6 is 11.6 Å². The maximum atomic E-state index is 12.9. The van der Waals surface area contributed by atoms with Gasteiger partial charge < -0.3 is 10.1 Å². The molecular formula is C12H10ClFN2O. The highest BCUT2D eigenvalue weighted by molar-refractivity contribution is 6.31. The molecule has 0 aliphatic carbocycles. The summed E-state index contributed by atoms with van der Waals surface area (Å²) in [6.07, 6.45) is 1.59. The molecule has 0 saturated carbocycles. The minimum Gasteiger partial charge on any atom is -0.495 e. The molecule has 5 heteroatoms. The van der Waals surface area contributed by atoms with Gasteiger partial charge in [-0.15, -0.1) is 0 Å². The Morgan fingerprint density at radius 2 is 2.12 bits per heavy atom. The lowest BCUT2D eigenvalue weighted by molar-refractivity contribution is 0.413. The SMILES string of the molecule is COc1ccc(Nc2ccc(F)c(Cl)c2)nc1. The predicted molar refractivity (Wildman–Crippen MR) is 65.5 cm³/mol. The Bertz CT molecular complexity index is 516. The Kier molecular flexibility index (Phi) is 3.44. The summed E-state index contributed by atoms with van der Waals surface area (Å²) in [6.45, 7) is 0. The first-order valence-electron chi connectivity index (χ1n) is 4.91. The van der Waals surface area contributed by atoms with Gasteiger partial charge in [-0.05, 0) is 30.3 Å². The third kappa shape index (κ3) is 2.85. The smallest absolute Gasteiger partial charge is 0.141 e. The van der Waals surface area contributed by atoms with E-state index in [4.69, 9.17) is 16.3 Å². The minimum atomic E-state index is -0.445. The van der Waals surface area contributed by atoms with Crippen LogP contribution in [0.4, 0.5) is 15.9 Å². The summed E-state index contributed by atoms with van der Waals surface area (Å²) in [4.78, 5) is 4.12. The number of nitrogens with one attached hydrogen (secondary N) is 1. The number of halogens is 2. The van der Waals surface area contributed by atoms with E-state index in [9.17, 15) is 4.39 Å². The fourth-order valence-electron chi connectivity index (χ4n) is 1.30. The molecular weight excluding hydrogens is 243 g/mol. The molecule has 0 saturated heterocycles. The van der Waals surface area contributed by atoms with Crippen molar-refractivity contribution in [2.45, 2.75) is 0 Å². The number of ether oxygens (including phenoxy) is 1. The third-order valence-electron chi connectivity index (χ3n) is 2.16. The summed E-state index contributed by atoms with van der Waals surface area (Å²) in [6, 6.07) is 7.93. The standard InChI is InChI=1S/C12H10ClFN2O/c1-17-9-3-5-12(15-7-9)16-8-2-4-11(14)10(13)6-8/h2-7H,1H3,(H,15,16). The van der Waals surface area contributed by atoms with Crippen LogP contribution in [0.25, 0.3) is 0 Å². The maximum Gasteiger partial charge on any atom is 0.141 e.